The Morgan fingerprint density at radius 1 is 1.03 bits per heavy atom. The zero-order valence-corrected chi connectivity index (χ0v) is 19.6. The van der Waals surface area contributed by atoms with Crippen molar-refractivity contribution < 1.29 is 28.7 Å². The van der Waals surface area contributed by atoms with E-state index in [9.17, 15) is 19.2 Å². The van der Waals surface area contributed by atoms with Crippen molar-refractivity contribution in [2.45, 2.75) is 83.1 Å². The second kappa shape index (κ2) is 11.8. The number of nitrogens with one attached hydrogen (secondary N) is 1. The number of rotatable bonds is 12. The minimum Gasteiger partial charge on any atom is -0.467 e. The summed E-state index contributed by atoms with van der Waals surface area (Å²) < 4.78 is 9.61. The molecule has 0 radical (unpaired) electrons. The number of methoxy groups -OCH3 is 2. The van der Waals surface area contributed by atoms with E-state index in [1.165, 1.54) is 44.6 Å². The lowest BCUT2D eigenvalue weighted by molar-refractivity contribution is -0.166. The molecule has 7 nitrogen and oxygen atoms in total. The van der Waals surface area contributed by atoms with E-state index in [0.29, 0.717) is 0 Å². The molecule has 1 atom stereocenters. The number of esters is 2. The average molecular weight is 446 g/mol. The van der Waals surface area contributed by atoms with Crippen LogP contribution in [0.1, 0.15) is 81.4 Å². The van der Waals surface area contributed by atoms with Crippen molar-refractivity contribution in [1.82, 2.24) is 5.32 Å². The Bertz CT molecular complexity index is 831. The lowest BCUT2D eigenvalue weighted by Gasteiger charge is -2.30. The number of amides is 1. The molecule has 1 unspecified atom stereocenters. The van der Waals surface area contributed by atoms with Crippen LogP contribution in [0.25, 0.3) is 0 Å². The highest BCUT2D eigenvalue weighted by Crippen LogP contribution is 2.38. The highest BCUT2D eigenvalue weighted by atomic mass is 16.5. The van der Waals surface area contributed by atoms with Gasteiger partial charge in [0.2, 0.25) is 11.4 Å². The third-order valence-corrected chi connectivity index (χ3v) is 6.12. The van der Waals surface area contributed by atoms with Crippen molar-refractivity contribution in [3.63, 3.8) is 0 Å². The maximum atomic E-state index is 12.9. The predicted octanol–water partition coefficient (Wildman–Crippen LogP) is 3.41. The SMILES string of the molecule is CCCCCCCCc1ccc2c(c1)CC(=O)C2CC(NC(C)=O)(C(=O)OC)C(=O)OC. The van der Waals surface area contributed by atoms with Crippen LogP contribution < -0.4 is 5.32 Å². The normalized spacial score (nSPS) is 15.2. The summed E-state index contributed by atoms with van der Waals surface area (Å²) in [5.74, 6) is -3.32. The molecule has 1 aromatic rings. The molecule has 1 aromatic carbocycles. The van der Waals surface area contributed by atoms with Crippen LogP contribution in [0, 0.1) is 0 Å². The maximum Gasteiger partial charge on any atom is 0.343 e. The first-order valence-corrected chi connectivity index (χ1v) is 11.4. The summed E-state index contributed by atoms with van der Waals surface area (Å²) in [7, 11) is 2.25. The molecule has 0 bridgehead atoms. The van der Waals surface area contributed by atoms with Crippen molar-refractivity contribution in [3.05, 3.63) is 34.9 Å². The molecular formula is C25H35NO6. The van der Waals surface area contributed by atoms with Gasteiger partial charge in [-0.05, 0) is 29.5 Å². The fraction of sp³-hybridized carbons (Fsp3) is 0.600. The van der Waals surface area contributed by atoms with E-state index in [1.807, 2.05) is 12.1 Å². The molecule has 0 aliphatic heterocycles. The number of aryl methyl sites for hydroxylation is 1. The summed E-state index contributed by atoms with van der Waals surface area (Å²) in [6, 6.07) is 5.97. The number of hydrogen-bond acceptors (Lipinski definition) is 6. The van der Waals surface area contributed by atoms with Crippen LogP contribution in [0.4, 0.5) is 0 Å². The number of ether oxygens (including phenoxy) is 2. The lowest BCUT2D eigenvalue weighted by atomic mass is 9.83. The largest absolute Gasteiger partial charge is 0.467 e. The van der Waals surface area contributed by atoms with Gasteiger partial charge in [0, 0.05) is 25.7 Å². The Morgan fingerprint density at radius 3 is 2.25 bits per heavy atom. The van der Waals surface area contributed by atoms with Gasteiger partial charge in [0.15, 0.2) is 0 Å². The molecule has 0 heterocycles. The lowest BCUT2D eigenvalue weighted by Crippen LogP contribution is -2.61. The van der Waals surface area contributed by atoms with Crippen LogP contribution in [0.2, 0.25) is 0 Å². The van der Waals surface area contributed by atoms with Gasteiger partial charge >= 0.3 is 11.9 Å². The van der Waals surface area contributed by atoms with Gasteiger partial charge in [-0.2, -0.15) is 0 Å². The Kier molecular flexibility index (Phi) is 9.42. The third-order valence-electron chi connectivity index (χ3n) is 6.12. The first-order valence-electron chi connectivity index (χ1n) is 11.4. The Labute approximate surface area is 190 Å². The third kappa shape index (κ3) is 5.96. The molecule has 1 aliphatic carbocycles. The minimum absolute atomic E-state index is 0.0979. The molecule has 32 heavy (non-hydrogen) atoms. The molecule has 0 saturated carbocycles. The van der Waals surface area contributed by atoms with Gasteiger partial charge in [-0.3, -0.25) is 9.59 Å². The van der Waals surface area contributed by atoms with Gasteiger partial charge in [0.05, 0.1) is 14.2 Å². The van der Waals surface area contributed by atoms with Gasteiger partial charge in [0.1, 0.15) is 5.78 Å². The molecular weight excluding hydrogens is 410 g/mol. The number of benzene rings is 1. The highest BCUT2D eigenvalue weighted by Gasteiger charge is 2.53. The van der Waals surface area contributed by atoms with Crippen molar-refractivity contribution in [3.8, 4) is 0 Å². The van der Waals surface area contributed by atoms with E-state index in [-0.39, 0.29) is 18.6 Å². The van der Waals surface area contributed by atoms with E-state index < -0.39 is 29.3 Å². The topological polar surface area (TPSA) is 98.8 Å². The zero-order valence-electron chi connectivity index (χ0n) is 19.6. The number of Topliss-reactive ketones (excluding diaryl/α,β-unsaturated/α-hetero) is 1. The molecule has 176 valence electrons. The predicted molar refractivity (Wildman–Crippen MR) is 120 cm³/mol. The molecule has 1 amide bonds. The second-order valence-corrected chi connectivity index (χ2v) is 8.52. The quantitative estimate of drug-likeness (QED) is 0.301. The zero-order chi connectivity index (χ0) is 23.7. The van der Waals surface area contributed by atoms with E-state index in [1.54, 1.807) is 0 Å². The van der Waals surface area contributed by atoms with E-state index >= 15 is 0 Å². The van der Waals surface area contributed by atoms with Gasteiger partial charge in [-0.25, -0.2) is 9.59 Å². The van der Waals surface area contributed by atoms with Gasteiger partial charge < -0.3 is 14.8 Å². The van der Waals surface area contributed by atoms with Gasteiger partial charge in [-0.15, -0.1) is 0 Å². The molecule has 1 aliphatic rings. The number of fused-ring (bicyclic) bond motifs is 1. The van der Waals surface area contributed by atoms with Gasteiger partial charge in [0.25, 0.3) is 0 Å². The van der Waals surface area contributed by atoms with Crippen molar-refractivity contribution >= 4 is 23.6 Å². The van der Waals surface area contributed by atoms with E-state index in [0.717, 1.165) is 38.2 Å². The van der Waals surface area contributed by atoms with Crippen LogP contribution in [-0.2, 0) is 41.5 Å². The first-order chi connectivity index (χ1) is 15.3. The molecule has 1 N–H and O–H groups in total. The highest BCUT2D eigenvalue weighted by molar-refractivity contribution is 6.08. The number of unbranched alkanes of at least 4 members (excludes halogenated alkanes) is 5. The number of carbonyl (C=O) groups excluding carboxylic acids is 4. The van der Waals surface area contributed by atoms with Crippen LogP contribution in [0.5, 0.6) is 0 Å². The van der Waals surface area contributed by atoms with Crippen LogP contribution in [0.15, 0.2) is 18.2 Å². The number of ketones is 1. The summed E-state index contributed by atoms with van der Waals surface area (Å²) in [5, 5.41) is 2.39. The average Bonchev–Trinajstić information content (AvgIpc) is 3.08. The summed E-state index contributed by atoms with van der Waals surface area (Å²) in [5.41, 5.74) is 0.801. The molecule has 0 aromatic heterocycles. The van der Waals surface area contributed by atoms with Crippen LogP contribution in [-0.4, -0.2) is 43.4 Å². The molecule has 7 heteroatoms. The molecule has 0 saturated heterocycles. The fourth-order valence-corrected chi connectivity index (χ4v) is 4.48. The summed E-state index contributed by atoms with van der Waals surface area (Å²) >= 11 is 0. The van der Waals surface area contributed by atoms with Crippen molar-refractivity contribution in [2.75, 3.05) is 14.2 Å². The van der Waals surface area contributed by atoms with E-state index in [4.69, 9.17) is 9.47 Å². The second-order valence-electron chi connectivity index (χ2n) is 8.52. The smallest absolute Gasteiger partial charge is 0.343 e. The Morgan fingerprint density at radius 2 is 1.66 bits per heavy atom. The summed E-state index contributed by atoms with van der Waals surface area (Å²) in [4.78, 5) is 49.9. The Hall–Kier alpha value is -2.70. The van der Waals surface area contributed by atoms with Crippen LogP contribution in [0.3, 0.4) is 0 Å². The fourth-order valence-electron chi connectivity index (χ4n) is 4.48. The summed E-state index contributed by atoms with van der Waals surface area (Å²) in [6.45, 7) is 3.40. The van der Waals surface area contributed by atoms with Crippen molar-refractivity contribution in [2.24, 2.45) is 0 Å². The maximum absolute atomic E-state index is 12.9. The van der Waals surface area contributed by atoms with E-state index in [2.05, 4.69) is 18.3 Å². The molecule has 2 rings (SSSR count). The van der Waals surface area contributed by atoms with Crippen molar-refractivity contribution in [1.29, 1.82) is 0 Å². The number of carbonyl (C=O) groups is 4. The molecule has 0 spiro atoms. The standard InChI is InChI=1S/C25H35NO6/c1-5-6-7-8-9-10-11-18-12-13-20-19(14-18)15-22(28)21(20)16-25(23(29)31-3,24(30)32-4)26-17(2)27/h12-14,21H,5-11,15-16H2,1-4H3,(H,26,27). The Balaban J connectivity index is 2.20. The minimum atomic E-state index is -2.07. The van der Waals surface area contributed by atoms with Crippen LogP contribution >= 0.6 is 0 Å². The summed E-state index contributed by atoms with van der Waals surface area (Å²) in [6.07, 6.45) is 8.27. The van der Waals surface area contributed by atoms with Gasteiger partial charge in [-0.1, -0.05) is 57.2 Å². The number of hydrogen-bond donors (Lipinski definition) is 1. The monoisotopic (exact) mass is 445 g/mol. The first kappa shape index (κ1) is 25.6. The molecule has 0 fully saturated rings.